The van der Waals surface area contributed by atoms with Crippen molar-refractivity contribution >= 4 is 35.5 Å². The highest BCUT2D eigenvalue weighted by molar-refractivity contribution is 6.01. The molecule has 3 rings (SSSR count). The van der Waals surface area contributed by atoms with E-state index in [1.54, 1.807) is 0 Å². The number of unbranched alkanes of at least 4 members (excludes halogenated alkanes) is 1. The summed E-state index contributed by atoms with van der Waals surface area (Å²) < 4.78 is 21.4. The molecule has 21 nitrogen and oxygen atoms in total. The van der Waals surface area contributed by atoms with Gasteiger partial charge in [-0.15, -0.1) is 5.06 Å². The maximum Gasteiger partial charge on any atom is 0.333 e. The number of hydrogen-bond donors (Lipinski definition) is 8. The number of aliphatic hydroxyl groups is 6. The van der Waals surface area contributed by atoms with Crippen molar-refractivity contribution in [1.29, 1.82) is 0 Å². The molecule has 3 aliphatic heterocycles. The van der Waals surface area contributed by atoms with Crippen LogP contribution >= 0.6 is 0 Å². The standard InChI is InChI=1S/C30H48N4O17/c1-15-23(41)25(43)27(45)29(49-15)47-11-9-31-17(35)13-33(19(37)5-3-4-6-22(40)51-34-20(38)7-8-21(34)39)14-18(36)32-10-12-48-30-28(46)26(44)24(42)16(2)50-30/h15-16,23-30,41-46H,3-14H2,1-2H3,(H,31,35)(H,32,36)/t15-,16-,23+,24+,25+,26+,27-,28-,29+,30+/m0/s1. The topological polar surface area (TPSA) is 300 Å². The van der Waals surface area contributed by atoms with Crippen molar-refractivity contribution < 1.29 is 83.2 Å². The fourth-order valence-electron chi connectivity index (χ4n) is 5.23. The Bertz CT molecular complexity index is 1150. The molecule has 3 saturated heterocycles. The lowest BCUT2D eigenvalue weighted by atomic mass is 10.0. The maximum atomic E-state index is 13.1. The van der Waals surface area contributed by atoms with E-state index in [9.17, 15) is 59.4 Å². The van der Waals surface area contributed by atoms with Gasteiger partial charge in [0.1, 0.15) is 49.7 Å². The van der Waals surface area contributed by atoms with Crippen LogP contribution in [0.4, 0.5) is 0 Å². The van der Waals surface area contributed by atoms with Gasteiger partial charge in [-0.3, -0.25) is 24.0 Å². The van der Waals surface area contributed by atoms with Gasteiger partial charge >= 0.3 is 5.97 Å². The van der Waals surface area contributed by atoms with Gasteiger partial charge in [0.2, 0.25) is 17.7 Å². The number of nitrogens with zero attached hydrogens (tertiary/aromatic N) is 2. The van der Waals surface area contributed by atoms with Crippen LogP contribution in [0.15, 0.2) is 0 Å². The van der Waals surface area contributed by atoms with Crippen LogP contribution in [-0.2, 0) is 52.6 Å². The first-order valence-electron chi connectivity index (χ1n) is 16.6. The fraction of sp³-hybridized carbons (Fsp3) is 0.800. The lowest BCUT2D eigenvalue weighted by Crippen LogP contribution is -2.57. The van der Waals surface area contributed by atoms with Crippen molar-refractivity contribution in [3.63, 3.8) is 0 Å². The molecule has 51 heavy (non-hydrogen) atoms. The first kappa shape index (κ1) is 42.0. The number of hydroxylamine groups is 2. The number of amides is 5. The summed E-state index contributed by atoms with van der Waals surface area (Å²) in [6.07, 6.45) is -13.2. The van der Waals surface area contributed by atoms with Gasteiger partial charge < -0.3 is 70.0 Å². The van der Waals surface area contributed by atoms with Crippen LogP contribution in [0.1, 0.15) is 52.4 Å². The highest BCUT2D eigenvalue weighted by atomic mass is 16.7. The van der Waals surface area contributed by atoms with Gasteiger partial charge in [0, 0.05) is 38.8 Å². The first-order valence-corrected chi connectivity index (χ1v) is 16.6. The Labute approximate surface area is 292 Å². The molecule has 290 valence electrons. The molecular weight excluding hydrogens is 688 g/mol. The van der Waals surface area contributed by atoms with Crippen LogP contribution in [0, 0.1) is 0 Å². The maximum absolute atomic E-state index is 13.1. The van der Waals surface area contributed by atoms with Crippen molar-refractivity contribution in [1.82, 2.24) is 20.6 Å². The predicted octanol–water partition coefficient (Wildman–Crippen LogP) is -5.10. The number of carbonyl (C=O) groups is 6. The zero-order valence-electron chi connectivity index (χ0n) is 28.3. The van der Waals surface area contributed by atoms with E-state index in [1.165, 1.54) is 13.8 Å². The summed E-state index contributed by atoms with van der Waals surface area (Å²) in [4.78, 5) is 79.6. The second-order valence-corrected chi connectivity index (χ2v) is 12.3. The molecule has 0 aromatic carbocycles. The van der Waals surface area contributed by atoms with Crippen LogP contribution in [-0.4, -0.2) is 177 Å². The van der Waals surface area contributed by atoms with Gasteiger partial charge in [-0.1, -0.05) is 0 Å². The Hall–Kier alpha value is -3.38. The number of nitrogens with one attached hydrogen (secondary N) is 2. The summed E-state index contributed by atoms with van der Waals surface area (Å²) in [5, 5.41) is 64.9. The zero-order valence-corrected chi connectivity index (χ0v) is 28.3. The van der Waals surface area contributed by atoms with Crippen LogP contribution in [0.3, 0.4) is 0 Å². The molecule has 0 aromatic heterocycles. The average molecular weight is 737 g/mol. The molecule has 0 unspecified atom stereocenters. The molecular formula is C30H48N4O17. The van der Waals surface area contributed by atoms with Gasteiger partial charge in [-0.05, 0) is 26.7 Å². The lowest BCUT2D eigenvalue weighted by molar-refractivity contribution is -0.292. The number of rotatable bonds is 18. The number of carbonyl (C=O) groups excluding carboxylic acids is 6. The Balaban J connectivity index is 1.46. The second-order valence-electron chi connectivity index (χ2n) is 12.3. The number of aliphatic hydroxyl groups excluding tert-OH is 6. The van der Waals surface area contributed by atoms with Gasteiger partial charge in [0.15, 0.2) is 12.6 Å². The first-order chi connectivity index (χ1) is 24.1. The molecule has 10 atom stereocenters. The minimum atomic E-state index is -1.54. The molecule has 3 heterocycles. The Morgan fingerprint density at radius 1 is 0.706 bits per heavy atom. The fourth-order valence-corrected chi connectivity index (χ4v) is 5.23. The third-order valence-corrected chi connectivity index (χ3v) is 8.27. The van der Waals surface area contributed by atoms with E-state index in [4.69, 9.17) is 23.8 Å². The Morgan fingerprint density at radius 3 is 1.59 bits per heavy atom. The zero-order chi connectivity index (χ0) is 37.8. The van der Waals surface area contributed by atoms with E-state index in [1.807, 2.05) is 0 Å². The minimum Gasteiger partial charge on any atom is -0.388 e. The van der Waals surface area contributed by atoms with Gasteiger partial charge in [-0.2, -0.15) is 0 Å². The molecule has 0 spiro atoms. The number of ether oxygens (including phenoxy) is 4. The molecule has 0 radical (unpaired) electrons. The second kappa shape index (κ2) is 20.0. The van der Waals surface area contributed by atoms with Crippen molar-refractivity contribution in [2.45, 2.75) is 114 Å². The largest absolute Gasteiger partial charge is 0.388 e. The average Bonchev–Trinajstić information content (AvgIpc) is 3.40. The van der Waals surface area contributed by atoms with Crippen LogP contribution in [0.25, 0.3) is 0 Å². The van der Waals surface area contributed by atoms with E-state index in [0.717, 1.165) is 4.90 Å². The molecule has 0 saturated carbocycles. The lowest BCUT2D eigenvalue weighted by Gasteiger charge is -2.38. The summed E-state index contributed by atoms with van der Waals surface area (Å²) in [5.41, 5.74) is 0. The summed E-state index contributed by atoms with van der Waals surface area (Å²) in [6.45, 7) is 1.23. The number of hydrogen-bond acceptors (Lipinski definition) is 17. The van der Waals surface area contributed by atoms with E-state index in [-0.39, 0.29) is 64.8 Å². The van der Waals surface area contributed by atoms with Crippen LogP contribution in [0.2, 0.25) is 0 Å². The van der Waals surface area contributed by atoms with E-state index >= 15 is 0 Å². The summed E-state index contributed by atoms with van der Waals surface area (Å²) >= 11 is 0. The van der Waals surface area contributed by atoms with Crippen molar-refractivity contribution in [2.24, 2.45) is 0 Å². The molecule has 3 fully saturated rings. The normalized spacial score (nSPS) is 30.9. The highest BCUT2D eigenvalue weighted by Crippen LogP contribution is 2.22. The van der Waals surface area contributed by atoms with E-state index in [0.29, 0.717) is 5.06 Å². The summed E-state index contributed by atoms with van der Waals surface area (Å²) in [7, 11) is 0. The smallest absolute Gasteiger partial charge is 0.333 e. The van der Waals surface area contributed by atoms with Crippen LogP contribution in [0.5, 0.6) is 0 Å². The van der Waals surface area contributed by atoms with E-state index in [2.05, 4.69) is 10.6 Å². The van der Waals surface area contributed by atoms with Crippen molar-refractivity contribution in [3.8, 4) is 0 Å². The van der Waals surface area contributed by atoms with Gasteiger partial charge in [0.05, 0.1) is 25.4 Å². The monoisotopic (exact) mass is 736 g/mol. The van der Waals surface area contributed by atoms with Gasteiger partial charge in [-0.25, -0.2) is 4.79 Å². The molecule has 21 heteroatoms. The molecule has 0 aliphatic carbocycles. The molecule has 0 bridgehead atoms. The van der Waals surface area contributed by atoms with Gasteiger partial charge in [0.25, 0.3) is 11.8 Å². The number of imide groups is 1. The van der Waals surface area contributed by atoms with Crippen LogP contribution < -0.4 is 10.6 Å². The van der Waals surface area contributed by atoms with Crippen molar-refractivity contribution in [3.05, 3.63) is 0 Å². The summed E-state index contributed by atoms with van der Waals surface area (Å²) in [6, 6.07) is 0. The quantitative estimate of drug-likeness (QED) is 0.0482. The Morgan fingerprint density at radius 2 is 1.14 bits per heavy atom. The predicted molar refractivity (Wildman–Crippen MR) is 165 cm³/mol. The third kappa shape index (κ3) is 12.4. The SMILES string of the molecule is C[C@@H]1O[C@@H](OCCNC(=O)CN(CC(=O)NCCO[C@@H]2O[C@@H](C)[C@@H](O)[C@@H](O)[C@@H]2O)C(=O)CCCCC(=O)ON2C(=O)CCC2=O)[C@@H](O)[C@H](O)[C@@H]1O. The molecule has 5 amide bonds. The third-order valence-electron chi connectivity index (χ3n) is 8.27. The minimum absolute atomic E-state index is 0.0589. The Kier molecular flexibility index (Phi) is 16.5. The molecule has 3 aliphatic rings. The molecule has 8 N–H and O–H groups in total. The van der Waals surface area contributed by atoms with E-state index < -0.39 is 110 Å². The summed E-state index contributed by atoms with van der Waals surface area (Å²) in [5.74, 6) is -4.08. The highest BCUT2D eigenvalue weighted by Gasteiger charge is 2.43. The van der Waals surface area contributed by atoms with Crippen molar-refractivity contribution in [2.75, 3.05) is 39.4 Å². The molecule has 0 aromatic rings.